The van der Waals surface area contributed by atoms with Crippen LogP contribution in [-0.2, 0) is 12.0 Å². The van der Waals surface area contributed by atoms with Crippen LogP contribution in [0, 0.1) is 12.7 Å². The summed E-state index contributed by atoms with van der Waals surface area (Å²) in [4.78, 5) is 0. The summed E-state index contributed by atoms with van der Waals surface area (Å²) in [5, 5.41) is 17.9. The lowest BCUT2D eigenvalue weighted by atomic mass is 10.1. The molecule has 3 rings (SSSR count). The molecule has 7 heteroatoms. The molecule has 1 atom stereocenters. The smallest absolute Gasteiger partial charge is 0.206 e. The van der Waals surface area contributed by atoms with Crippen LogP contribution in [0.15, 0.2) is 30.5 Å². The molecule has 0 aliphatic rings. The molecule has 0 saturated heterocycles. The zero-order chi connectivity index (χ0) is 18.9. The summed E-state index contributed by atoms with van der Waals surface area (Å²) in [5.41, 5.74) is 2.70. The van der Waals surface area contributed by atoms with E-state index < -0.39 is 0 Å². The van der Waals surface area contributed by atoms with Crippen molar-refractivity contribution in [3.05, 3.63) is 58.1 Å². The Bertz CT molecular complexity index is 893. The van der Waals surface area contributed by atoms with Crippen LogP contribution in [0.2, 0.25) is 0 Å². The molecule has 0 amide bonds. The number of aromatic nitrogens is 4. The third kappa shape index (κ3) is 4.09. The SMILES string of the molecule is Cc1nn(C(C)(C)C)cc1C(C)Nc1nnc(Cc2ccccc2F)s1. The Labute approximate surface area is 157 Å². The molecule has 0 radical (unpaired) electrons. The first-order valence-electron chi connectivity index (χ1n) is 8.63. The molecule has 0 aliphatic heterocycles. The first kappa shape index (κ1) is 18.5. The lowest BCUT2D eigenvalue weighted by molar-refractivity contribution is 0.354. The number of anilines is 1. The minimum absolute atomic E-state index is 0.0559. The summed E-state index contributed by atoms with van der Waals surface area (Å²) in [5.74, 6) is -0.212. The van der Waals surface area contributed by atoms with E-state index in [2.05, 4.69) is 54.5 Å². The van der Waals surface area contributed by atoms with Crippen LogP contribution in [0.1, 0.15) is 55.6 Å². The molecule has 26 heavy (non-hydrogen) atoms. The molecule has 2 aromatic heterocycles. The molecule has 5 nitrogen and oxygen atoms in total. The minimum Gasteiger partial charge on any atom is -0.353 e. The molecular weight excluding hydrogens is 349 g/mol. The van der Waals surface area contributed by atoms with Crippen molar-refractivity contribution in [2.45, 2.75) is 52.6 Å². The summed E-state index contributed by atoms with van der Waals surface area (Å²) in [6, 6.07) is 6.81. The fourth-order valence-corrected chi connectivity index (χ4v) is 3.54. The van der Waals surface area contributed by atoms with E-state index in [0.29, 0.717) is 12.0 Å². The Morgan fingerprint density at radius 1 is 1.23 bits per heavy atom. The van der Waals surface area contributed by atoms with E-state index >= 15 is 0 Å². The predicted molar refractivity (Wildman–Crippen MR) is 103 cm³/mol. The van der Waals surface area contributed by atoms with E-state index in [-0.39, 0.29) is 17.4 Å². The van der Waals surface area contributed by atoms with Gasteiger partial charge in [-0.05, 0) is 46.2 Å². The van der Waals surface area contributed by atoms with E-state index in [1.54, 1.807) is 12.1 Å². The average molecular weight is 374 g/mol. The van der Waals surface area contributed by atoms with Crippen LogP contribution in [0.4, 0.5) is 9.52 Å². The van der Waals surface area contributed by atoms with Gasteiger partial charge in [-0.1, -0.05) is 29.5 Å². The molecular formula is C19H24FN5S. The predicted octanol–water partition coefficient (Wildman–Crippen LogP) is 4.70. The molecule has 0 bridgehead atoms. The van der Waals surface area contributed by atoms with Crippen LogP contribution in [0.25, 0.3) is 0 Å². The van der Waals surface area contributed by atoms with Gasteiger partial charge in [-0.3, -0.25) is 4.68 Å². The maximum Gasteiger partial charge on any atom is 0.206 e. The zero-order valence-electron chi connectivity index (χ0n) is 15.7. The molecule has 1 aromatic carbocycles. The van der Waals surface area contributed by atoms with Gasteiger partial charge in [0.05, 0.1) is 17.3 Å². The number of hydrogen-bond donors (Lipinski definition) is 1. The van der Waals surface area contributed by atoms with Gasteiger partial charge < -0.3 is 5.32 Å². The maximum atomic E-state index is 13.8. The molecule has 1 N–H and O–H groups in total. The molecule has 138 valence electrons. The highest BCUT2D eigenvalue weighted by Crippen LogP contribution is 2.27. The van der Waals surface area contributed by atoms with E-state index in [4.69, 9.17) is 0 Å². The van der Waals surface area contributed by atoms with Crippen molar-refractivity contribution in [1.82, 2.24) is 20.0 Å². The van der Waals surface area contributed by atoms with Gasteiger partial charge in [0.15, 0.2) is 0 Å². The Balaban J connectivity index is 1.71. The number of hydrogen-bond acceptors (Lipinski definition) is 5. The lowest BCUT2D eigenvalue weighted by Gasteiger charge is -2.19. The summed E-state index contributed by atoms with van der Waals surface area (Å²) in [6.45, 7) is 10.5. The fraction of sp³-hybridized carbons (Fsp3) is 0.421. The van der Waals surface area contributed by atoms with Gasteiger partial charge in [-0.2, -0.15) is 5.10 Å². The highest BCUT2D eigenvalue weighted by Gasteiger charge is 2.20. The third-order valence-electron chi connectivity index (χ3n) is 4.20. The van der Waals surface area contributed by atoms with Gasteiger partial charge in [0.25, 0.3) is 0 Å². The number of halogens is 1. The Kier molecular flexibility index (Phi) is 5.09. The molecule has 2 heterocycles. The van der Waals surface area contributed by atoms with Gasteiger partial charge >= 0.3 is 0 Å². The second-order valence-corrected chi connectivity index (χ2v) is 8.48. The van der Waals surface area contributed by atoms with Gasteiger partial charge in [0, 0.05) is 18.2 Å². The lowest BCUT2D eigenvalue weighted by Crippen LogP contribution is -2.22. The Morgan fingerprint density at radius 3 is 2.62 bits per heavy atom. The number of aryl methyl sites for hydroxylation is 1. The van der Waals surface area contributed by atoms with Crippen molar-refractivity contribution in [3.63, 3.8) is 0 Å². The van der Waals surface area contributed by atoms with E-state index in [1.807, 2.05) is 17.7 Å². The Hall–Kier alpha value is -2.28. The number of rotatable bonds is 5. The van der Waals surface area contributed by atoms with Gasteiger partial charge in [0.1, 0.15) is 10.8 Å². The highest BCUT2D eigenvalue weighted by atomic mass is 32.1. The van der Waals surface area contributed by atoms with E-state index in [1.165, 1.54) is 17.4 Å². The first-order chi connectivity index (χ1) is 12.2. The summed E-state index contributed by atoms with van der Waals surface area (Å²) >= 11 is 1.45. The summed E-state index contributed by atoms with van der Waals surface area (Å²) in [6.07, 6.45) is 2.52. The van der Waals surface area contributed by atoms with Crippen LogP contribution < -0.4 is 5.32 Å². The summed E-state index contributed by atoms with van der Waals surface area (Å²) in [7, 11) is 0. The largest absolute Gasteiger partial charge is 0.353 e. The second kappa shape index (κ2) is 7.15. The molecule has 0 aliphatic carbocycles. The number of nitrogens with one attached hydrogen (secondary N) is 1. The standard InChI is InChI=1S/C19H24FN5S/c1-12(15-11-25(19(3,4)5)24-13(15)2)21-18-23-22-17(26-18)10-14-8-6-7-9-16(14)20/h6-9,11-12H,10H2,1-5H3,(H,21,23). The normalized spacial score (nSPS) is 13.0. The van der Waals surface area contributed by atoms with Gasteiger partial charge in [-0.15, -0.1) is 10.2 Å². The minimum atomic E-state index is -0.212. The molecule has 0 spiro atoms. The third-order valence-corrected chi connectivity index (χ3v) is 5.05. The van der Waals surface area contributed by atoms with E-state index in [9.17, 15) is 4.39 Å². The van der Waals surface area contributed by atoms with Gasteiger partial charge in [0.2, 0.25) is 5.13 Å². The number of nitrogens with zero attached hydrogens (tertiary/aromatic N) is 4. The van der Waals surface area contributed by atoms with Crippen LogP contribution in [0.3, 0.4) is 0 Å². The van der Waals surface area contributed by atoms with Crippen molar-refractivity contribution < 1.29 is 4.39 Å². The van der Waals surface area contributed by atoms with Crippen LogP contribution in [-0.4, -0.2) is 20.0 Å². The molecule has 1 unspecified atom stereocenters. The van der Waals surface area contributed by atoms with Crippen molar-refractivity contribution in [1.29, 1.82) is 0 Å². The molecule has 3 aromatic rings. The fourth-order valence-electron chi connectivity index (χ4n) is 2.69. The van der Waals surface area contributed by atoms with Crippen LogP contribution >= 0.6 is 11.3 Å². The number of benzene rings is 1. The van der Waals surface area contributed by atoms with Crippen molar-refractivity contribution in [2.24, 2.45) is 0 Å². The quantitative estimate of drug-likeness (QED) is 0.704. The average Bonchev–Trinajstić information content (AvgIpc) is 3.16. The molecule has 0 fully saturated rings. The Morgan fingerprint density at radius 2 is 1.96 bits per heavy atom. The topological polar surface area (TPSA) is 55.6 Å². The molecule has 0 saturated carbocycles. The maximum absolute atomic E-state index is 13.8. The van der Waals surface area contributed by atoms with Crippen molar-refractivity contribution >= 4 is 16.5 Å². The monoisotopic (exact) mass is 373 g/mol. The van der Waals surface area contributed by atoms with Gasteiger partial charge in [-0.25, -0.2) is 4.39 Å². The second-order valence-electron chi connectivity index (χ2n) is 7.42. The zero-order valence-corrected chi connectivity index (χ0v) is 16.6. The first-order valence-corrected chi connectivity index (χ1v) is 9.44. The van der Waals surface area contributed by atoms with Crippen molar-refractivity contribution in [2.75, 3.05) is 5.32 Å². The highest BCUT2D eigenvalue weighted by molar-refractivity contribution is 7.15. The van der Waals surface area contributed by atoms with E-state index in [0.717, 1.165) is 21.4 Å². The van der Waals surface area contributed by atoms with Crippen LogP contribution in [0.5, 0.6) is 0 Å². The van der Waals surface area contributed by atoms with Crippen molar-refractivity contribution in [3.8, 4) is 0 Å². The summed E-state index contributed by atoms with van der Waals surface area (Å²) < 4.78 is 15.8.